The third-order valence-electron chi connectivity index (χ3n) is 3.03. The lowest BCUT2D eigenvalue weighted by molar-refractivity contribution is 1.13. The van der Waals surface area contributed by atoms with Crippen molar-refractivity contribution < 1.29 is 0 Å². The number of hydrogen-bond acceptors (Lipinski definition) is 4. The molecule has 2 N–H and O–H groups in total. The van der Waals surface area contributed by atoms with E-state index in [9.17, 15) is 0 Å². The van der Waals surface area contributed by atoms with Gasteiger partial charge in [0.15, 0.2) is 0 Å². The van der Waals surface area contributed by atoms with Crippen LogP contribution in [0.15, 0.2) is 18.3 Å². The molecule has 0 bridgehead atoms. The van der Waals surface area contributed by atoms with Crippen LogP contribution in [-0.2, 0) is 0 Å². The molecule has 2 heterocycles. The zero-order valence-electron chi connectivity index (χ0n) is 12.2. The van der Waals surface area contributed by atoms with Crippen molar-refractivity contribution in [2.24, 2.45) is 0 Å². The smallest absolute Gasteiger partial charge is 0.220 e. The van der Waals surface area contributed by atoms with Crippen molar-refractivity contribution >= 4 is 19.2 Å². The van der Waals surface area contributed by atoms with Crippen molar-refractivity contribution in [3.8, 4) is 11.3 Å². The highest BCUT2D eigenvalue weighted by Crippen LogP contribution is 2.20. The molecule has 0 saturated carbocycles. The summed E-state index contributed by atoms with van der Waals surface area (Å²) in [7, 11) is -1.55. The summed E-state index contributed by atoms with van der Waals surface area (Å²) in [6.07, 6.45) is 1.81. The maximum Gasteiger partial charge on any atom is 0.220 e. The topological polar surface area (TPSA) is 64.7 Å². The highest BCUT2D eigenvalue weighted by atomic mass is 28.3. The summed E-state index contributed by atoms with van der Waals surface area (Å²) in [5, 5.41) is 1.27. The highest BCUT2D eigenvalue weighted by Gasteiger charge is 2.25. The van der Waals surface area contributed by atoms with E-state index in [2.05, 4.69) is 34.6 Å². The summed E-state index contributed by atoms with van der Waals surface area (Å²) < 4.78 is 0. The SMILES string of the molecule is Cc1cc(-c2nc(N)nc(C)c2[Si](C)(C)C)ccn1. The van der Waals surface area contributed by atoms with Crippen LogP contribution in [0.3, 0.4) is 0 Å². The predicted octanol–water partition coefficient (Wildman–Crippen LogP) is 2.28. The van der Waals surface area contributed by atoms with Gasteiger partial charge in [-0.25, -0.2) is 9.97 Å². The Hall–Kier alpha value is -1.75. The summed E-state index contributed by atoms with van der Waals surface area (Å²) in [4.78, 5) is 13.1. The minimum Gasteiger partial charge on any atom is -0.368 e. The first kappa shape index (κ1) is 13.7. The molecule has 0 saturated heterocycles. The van der Waals surface area contributed by atoms with Gasteiger partial charge < -0.3 is 5.73 Å². The molecule has 4 nitrogen and oxygen atoms in total. The summed E-state index contributed by atoms with van der Waals surface area (Å²) in [5.41, 5.74) is 9.84. The minimum absolute atomic E-state index is 0.337. The van der Waals surface area contributed by atoms with E-state index < -0.39 is 8.07 Å². The Balaban J connectivity index is 2.75. The lowest BCUT2D eigenvalue weighted by Gasteiger charge is -2.22. The fourth-order valence-corrected chi connectivity index (χ4v) is 4.45. The van der Waals surface area contributed by atoms with Gasteiger partial charge in [0.25, 0.3) is 0 Å². The Morgan fingerprint density at radius 2 is 1.79 bits per heavy atom. The first-order valence-corrected chi connectivity index (χ1v) is 9.86. The van der Waals surface area contributed by atoms with E-state index in [0.29, 0.717) is 5.95 Å². The zero-order chi connectivity index (χ0) is 14.2. The number of hydrogen-bond donors (Lipinski definition) is 1. The molecule has 0 atom stereocenters. The maximum absolute atomic E-state index is 5.82. The number of anilines is 1. The van der Waals surface area contributed by atoms with Crippen LogP contribution in [0, 0.1) is 13.8 Å². The van der Waals surface area contributed by atoms with Gasteiger partial charge in [-0.15, -0.1) is 0 Å². The van der Waals surface area contributed by atoms with Gasteiger partial charge in [-0.3, -0.25) is 4.98 Å². The van der Waals surface area contributed by atoms with Crippen molar-refractivity contribution in [2.45, 2.75) is 33.5 Å². The van der Waals surface area contributed by atoms with Crippen LogP contribution in [0.5, 0.6) is 0 Å². The fraction of sp³-hybridized carbons (Fsp3) is 0.357. The van der Waals surface area contributed by atoms with E-state index >= 15 is 0 Å². The number of aryl methyl sites for hydroxylation is 2. The summed E-state index contributed by atoms with van der Waals surface area (Å²) in [5.74, 6) is 0.337. The third kappa shape index (κ3) is 2.81. The molecular weight excluding hydrogens is 252 g/mol. The van der Waals surface area contributed by atoms with E-state index in [0.717, 1.165) is 22.6 Å². The van der Waals surface area contributed by atoms with Crippen LogP contribution in [0.2, 0.25) is 19.6 Å². The van der Waals surface area contributed by atoms with E-state index in [-0.39, 0.29) is 0 Å². The van der Waals surface area contributed by atoms with Gasteiger partial charge in [-0.05, 0) is 31.2 Å². The number of aromatic nitrogens is 3. The molecular formula is C14H20N4Si. The second kappa shape index (κ2) is 4.73. The van der Waals surface area contributed by atoms with Crippen LogP contribution in [0.1, 0.15) is 11.4 Å². The number of nitrogen functional groups attached to an aromatic ring is 1. The zero-order valence-corrected chi connectivity index (χ0v) is 13.2. The average Bonchev–Trinajstić information content (AvgIpc) is 2.25. The monoisotopic (exact) mass is 272 g/mol. The highest BCUT2D eigenvalue weighted by molar-refractivity contribution is 6.89. The standard InChI is InChI=1S/C14H20N4Si/c1-9-8-11(6-7-16-9)12-13(19(3,4)5)10(2)17-14(15)18-12/h6-8H,1-5H3,(H2,15,17,18). The van der Waals surface area contributed by atoms with Crippen molar-refractivity contribution in [3.63, 3.8) is 0 Å². The third-order valence-corrected chi connectivity index (χ3v) is 5.13. The number of nitrogens with zero attached hydrogens (tertiary/aromatic N) is 3. The molecule has 5 heteroatoms. The number of rotatable bonds is 2. The van der Waals surface area contributed by atoms with Gasteiger partial charge in [0.2, 0.25) is 5.95 Å². The quantitative estimate of drug-likeness (QED) is 0.852. The van der Waals surface area contributed by atoms with Gasteiger partial charge in [0.05, 0.1) is 13.8 Å². The van der Waals surface area contributed by atoms with E-state index in [1.165, 1.54) is 5.19 Å². The molecule has 2 aromatic heterocycles. The molecule has 19 heavy (non-hydrogen) atoms. The summed E-state index contributed by atoms with van der Waals surface area (Å²) in [6.45, 7) is 10.9. The van der Waals surface area contributed by atoms with E-state index in [4.69, 9.17) is 5.73 Å². The number of pyridine rings is 1. The normalized spacial score (nSPS) is 11.6. The molecule has 0 aliphatic heterocycles. The Kier molecular flexibility index (Phi) is 3.41. The second-order valence-electron chi connectivity index (χ2n) is 5.83. The molecule has 0 amide bonds. The largest absolute Gasteiger partial charge is 0.368 e. The van der Waals surface area contributed by atoms with Crippen molar-refractivity contribution in [1.82, 2.24) is 15.0 Å². The minimum atomic E-state index is -1.55. The van der Waals surface area contributed by atoms with Gasteiger partial charge in [0, 0.05) is 23.1 Å². The summed E-state index contributed by atoms with van der Waals surface area (Å²) >= 11 is 0. The van der Waals surface area contributed by atoms with Crippen molar-refractivity contribution in [1.29, 1.82) is 0 Å². The molecule has 0 unspecified atom stereocenters. The van der Waals surface area contributed by atoms with Crippen LogP contribution < -0.4 is 10.9 Å². The molecule has 2 aromatic rings. The Morgan fingerprint density at radius 1 is 1.11 bits per heavy atom. The molecule has 0 fully saturated rings. The van der Waals surface area contributed by atoms with Crippen molar-refractivity contribution in [2.75, 3.05) is 5.73 Å². The fourth-order valence-electron chi connectivity index (χ4n) is 2.39. The van der Waals surface area contributed by atoms with Crippen LogP contribution in [0.4, 0.5) is 5.95 Å². The van der Waals surface area contributed by atoms with Crippen LogP contribution in [0.25, 0.3) is 11.3 Å². The molecule has 100 valence electrons. The predicted molar refractivity (Wildman–Crippen MR) is 82.1 cm³/mol. The van der Waals surface area contributed by atoms with Gasteiger partial charge >= 0.3 is 0 Å². The van der Waals surface area contributed by atoms with Gasteiger partial charge in [-0.2, -0.15) is 0 Å². The molecule has 0 spiro atoms. The molecule has 0 aliphatic carbocycles. The lowest BCUT2D eigenvalue weighted by atomic mass is 10.1. The second-order valence-corrected chi connectivity index (χ2v) is 10.8. The molecule has 2 rings (SSSR count). The van der Waals surface area contributed by atoms with Crippen molar-refractivity contribution in [3.05, 3.63) is 29.7 Å². The van der Waals surface area contributed by atoms with Crippen LogP contribution >= 0.6 is 0 Å². The molecule has 0 radical (unpaired) electrons. The van der Waals surface area contributed by atoms with E-state index in [1.807, 2.05) is 32.2 Å². The van der Waals surface area contributed by atoms with Gasteiger partial charge in [-0.1, -0.05) is 19.6 Å². The van der Waals surface area contributed by atoms with Crippen LogP contribution in [-0.4, -0.2) is 23.0 Å². The molecule has 0 aromatic carbocycles. The molecule has 0 aliphatic rings. The van der Waals surface area contributed by atoms with E-state index in [1.54, 1.807) is 0 Å². The Labute approximate surface area is 115 Å². The van der Waals surface area contributed by atoms with Gasteiger partial charge in [0.1, 0.15) is 0 Å². The lowest BCUT2D eigenvalue weighted by Crippen LogP contribution is -2.42. The number of nitrogens with two attached hydrogens (primary N) is 1. The average molecular weight is 272 g/mol. The Bertz CT molecular complexity index is 617. The first-order chi connectivity index (χ1) is 8.79. The summed E-state index contributed by atoms with van der Waals surface area (Å²) in [6, 6.07) is 4.03. The Morgan fingerprint density at radius 3 is 2.37 bits per heavy atom. The first-order valence-electron chi connectivity index (χ1n) is 6.36. The maximum atomic E-state index is 5.82.